The molecular formula is C30H38N2O9. The highest BCUT2D eigenvalue weighted by Crippen LogP contribution is 2.60. The Morgan fingerprint density at radius 3 is 2.73 bits per heavy atom. The van der Waals surface area contributed by atoms with Crippen LogP contribution in [0, 0.1) is 23.7 Å². The molecule has 1 spiro atoms. The minimum absolute atomic E-state index is 0.00651. The molecule has 2 aromatic rings. The van der Waals surface area contributed by atoms with Crippen molar-refractivity contribution in [3.63, 3.8) is 0 Å². The summed E-state index contributed by atoms with van der Waals surface area (Å²) < 4.78 is 18.3. The van der Waals surface area contributed by atoms with E-state index in [1.54, 1.807) is 6.20 Å². The number of amides is 1. The number of fused-ring (bicyclic) bond motifs is 3. The van der Waals surface area contributed by atoms with Gasteiger partial charge in [-0.1, -0.05) is 32.0 Å². The number of hydrogen-bond acceptors (Lipinski definition) is 8. The van der Waals surface area contributed by atoms with E-state index in [2.05, 4.69) is 17.2 Å². The van der Waals surface area contributed by atoms with Gasteiger partial charge in [-0.25, -0.2) is 14.6 Å². The molecule has 5 fully saturated rings. The van der Waals surface area contributed by atoms with E-state index >= 15 is 0 Å². The maximum atomic E-state index is 12.9. The summed E-state index contributed by atoms with van der Waals surface area (Å²) in [7, 11) is 0. The molecule has 11 nitrogen and oxygen atoms in total. The number of rotatable bonds is 8. The van der Waals surface area contributed by atoms with Crippen molar-refractivity contribution in [2.45, 2.75) is 95.7 Å². The fourth-order valence-electron chi connectivity index (χ4n) is 7.40. The van der Waals surface area contributed by atoms with Crippen LogP contribution < -0.4 is 5.32 Å². The number of ether oxygens (including phenoxy) is 3. The van der Waals surface area contributed by atoms with Crippen molar-refractivity contribution in [3.8, 4) is 0 Å². The van der Waals surface area contributed by atoms with Gasteiger partial charge in [0.1, 0.15) is 6.04 Å². The van der Waals surface area contributed by atoms with Crippen molar-refractivity contribution in [1.29, 1.82) is 0 Å². The van der Waals surface area contributed by atoms with Gasteiger partial charge >= 0.3 is 11.9 Å². The second-order valence-corrected chi connectivity index (χ2v) is 12.3. The molecule has 11 heteroatoms. The number of hydrogen-bond donors (Lipinski definition) is 3. The molecule has 4 aliphatic heterocycles. The minimum Gasteiger partial charge on any atom is -0.480 e. The van der Waals surface area contributed by atoms with Crippen LogP contribution in [-0.2, 0) is 44.8 Å². The van der Waals surface area contributed by atoms with Crippen LogP contribution >= 0.6 is 0 Å². The Balaban J connectivity index is 1.06. The van der Waals surface area contributed by atoms with E-state index in [9.17, 15) is 19.5 Å². The second-order valence-electron chi connectivity index (χ2n) is 12.3. The predicted molar refractivity (Wildman–Crippen MR) is 144 cm³/mol. The maximum absolute atomic E-state index is 12.9. The molecule has 2 bridgehead atoms. The zero-order chi connectivity index (χ0) is 28.9. The number of aromatic nitrogens is 1. The molecule has 1 aromatic carbocycles. The molecule has 7 rings (SSSR count). The van der Waals surface area contributed by atoms with Gasteiger partial charge in [0.2, 0.25) is 18.0 Å². The Morgan fingerprint density at radius 1 is 1.12 bits per heavy atom. The lowest BCUT2D eigenvalue weighted by atomic mass is 9.58. The molecule has 5 aliphatic rings. The van der Waals surface area contributed by atoms with Crippen LogP contribution in [0.15, 0.2) is 30.5 Å². The molecule has 0 radical (unpaired) electrons. The third kappa shape index (κ3) is 5.03. The van der Waals surface area contributed by atoms with Crippen LogP contribution in [0.1, 0.15) is 64.9 Å². The molecule has 1 amide bonds. The number of para-hydroxylation sites is 1. The van der Waals surface area contributed by atoms with Gasteiger partial charge in [0.05, 0.1) is 6.42 Å². The summed E-state index contributed by atoms with van der Waals surface area (Å²) >= 11 is 0. The summed E-state index contributed by atoms with van der Waals surface area (Å²) in [6.45, 7) is 6.05. The maximum Gasteiger partial charge on any atom is 0.326 e. The molecule has 41 heavy (non-hydrogen) atoms. The number of nitrogens with one attached hydrogen (secondary N) is 2. The Hall–Kier alpha value is -2.99. The zero-order valence-electron chi connectivity index (χ0n) is 23.6. The summed E-state index contributed by atoms with van der Waals surface area (Å²) in [5.74, 6) is -2.78. The number of carbonyl (C=O) groups excluding carboxylic acids is 2. The van der Waals surface area contributed by atoms with Gasteiger partial charge in [0.15, 0.2) is 11.9 Å². The summed E-state index contributed by atoms with van der Waals surface area (Å²) in [5.41, 5.74) is 0.914. The van der Waals surface area contributed by atoms with E-state index in [0.717, 1.165) is 35.7 Å². The average molecular weight is 571 g/mol. The van der Waals surface area contributed by atoms with Crippen LogP contribution in [0.25, 0.3) is 10.9 Å². The van der Waals surface area contributed by atoms with Crippen molar-refractivity contribution in [2.75, 3.05) is 0 Å². The third-order valence-corrected chi connectivity index (χ3v) is 9.63. The van der Waals surface area contributed by atoms with Gasteiger partial charge in [0.25, 0.3) is 0 Å². The molecule has 222 valence electrons. The number of H-pyrrole nitrogens is 1. The van der Waals surface area contributed by atoms with Crippen molar-refractivity contribution in [3.05, 3.63) is 36.0 Å². The van der Waals surface area contributed by atoms with Gasteiger partial charge in [-0.15, -0.1) is 0 Å². The zero-order valence-corrected chi connectivity index (χ0v) is 23.6. The van der Waals surface area contributed by atoms with Crippen molar-refractivity contribution < 1.29 is 43.5 Å². The van der Waals surface area contributed by atoms with Crippen molar-refractivity contribution in [2.24, 2.45) is 23.7 Å². The SMILES string of the molecule is C[C@H]1[C@H](OC(=O)CCC(=O)NC(Cc2c[nH]c3ccccc23)C(=O)O)O[C@@H]2OC3(C)CC[C@H]4[C@H](C)CC[C@@H]1C24OO3. The molecule has 3 N–H and O–H groups in total. The average Bonchev–Trinajstić information content (AvgIpc) is 3.21. The number of carboxylic acid groups (broad SMARTS) is 1. The molecule has 9 atom stereocenters. The van der Waals surface area contributed by atoms with Crippen LogP contribution in [0.5, 0.6) is 0 Å². The third-order valence-electron chi connectivity index (χ3n) is 9.63. The largest absolute Gasteiger partial charge is 0.480 e. The standard InChI is InChI=1S/C30H38N2O9/c1-16-8-9-21-17(2)27(38-28-30(21)20(16)12-13-29(3,39-28)40-41-30)37-25(34)11-10-24(33)32-23(26(35)36)14-18-15-31-22-7-5-4-6-19(18)22/h4-7,15-17,20-21,23,27-28,31H,8-14H2,1-3H3,(H,32,33)(H,35,36)/t16-,17-,20+,21+,23?,27-,28-,29?,30?/m1/s1. The van der Waals surface area contributed by atoms with E-state index in [4.69, 9.17) is 24.0 Å². The lowest BCUT2D eigenvalue weighted by Crippen LogP contribution is -2.70. The van der Waals surface area contributed by atoms with E-state index < -0.39 is 47.9 Å². The lowest BCUT2D eigenvalue weighted by Gasteiger charge is -2.59. The summed E-state index contributed by atoms with van der Waals surface area (Å²) in [4.78, 5) is 52.5. The van der Waals surface area contributed by atoms with E-state index in [1.807, 2.05) is 38.1 Å². The van der Waals surface area contributed by atoms with Gasteiger partial charge < -0.3 is 29.6 Å². The number of aromatic amines is 1. The number of carbonyl (C=O) groups is 3. The molecular weight excluding hydrogens is 532 g/mol. The van der Waals surface area contributed by atoms with E-state index in [-0.39, 0.29) is 37.0 Å². The molecule has 1 saturated carbocycles. The van der Waals surface area contributed by atoms with Crippen LogP contribution in [0.4, 0.5) is 0 Å². The number of esters is 1. The number of aliphatic carboxylic acids is 1. The van der Waals surface area contributed by atoms with Crippen molar-refractivity contribution >= 4 is 28.7 Å². The van der Waals surface area contributed by atoms with Gasteiger partial charge in [-0.3, -0.25) is 9.59 Å². The number of carboxylic acids is 1. The number of benzene rings is 1. The fourth-order valence-corrected chi connectivity index (χ4v) is 7.40. The monoisotopic (exact) mass is 570 g/mol. The normalized spacial score (nSPS) is 36.7. The highest BCUT2D eigenvalue weighted by atomic mass is 17.3. The molecule has 1 aliphatic carbocycles. The highest BCUT2D eigenvalue weighted by molar-refractivity contribution is 5.87. The first-order chi connectivity index (χ1) is 19.6. The van der Waals surface area contributed by atoms with E-state index in [0.29, 0.717) is 12.3 Å². The summed E-state index contributed by atoms with van der Waals surface area (Å²) in [6.07, 6.45) is 3.31. The van der Waals surface area contributed by atoms with Gasteiger partial charge in [-0.05, 0) is 49.7 Å². The van der Waals surface area contributed by atoms with E-state index in [1.165, 1.54) is 0 Å². The summed E-state index contributed by atoms with van der Waals surface area (Å²) in [6, 6.07) is 6.42. The first-order valence-corrected chi connectivity index (χ1v) is 14.6. The molecule has 3 unspecified atom stereocenters. The predicted octanol–water partition coefficient (Wildman–Crippen LogP) is 3.81. The topological polar surface area (TPSA) is 145 Å². The first kappa shape index (κ1) is 28.1. The Kier molecular flexibility index (Phi) is 7.34. The van der Waals surface area contributed by atoms with Crippen LogP contribution in [0.2, 0.25) is 0 Å². The molecule has 4 saturated heterocycles. The van der Waals surface area contributed by atoms with Crippen molar-refractivity contribution in [1.82, 2.24) is 10.3 Å². The second kappa shape index (κ2) is 10.7. The highest BCUT2D eigenvalue weighted by Gasteiger charge is 2.69. The van der Waals surface area contributed by atoms with Crippen LogP contribution in [0.3, 0.4) is 0 Å². The Morgan fingerprint density at radius 2 is 1.93 bits per heavy atom. The Labute approximate surface area is 238 Å². The fraction of sp³-hybridized carbons (Fsp3) is 0.633. The van der Waals surface area contributed by atoms with Gasteiger partial charge in [-0.2, -0.15) is 0 Å². The Bertz CT molecular complexity index is 1330. The molecule has 1 aromatic heterocycles. The smallest absolute Gasteiger partial charge is 0.326 e. The van der Waals surface area contributed by atoms with Gasteiger partial charge in [0, 0.05) is 48.2 Å². The lowest BCUT2D eigenvalue weighted by molar-refractivity contribution is -0.576. The van der Waals surface area contributed by atoms with Crippen LogP contribution in [-0.4, -0.2) is 57.9 Å². The summed E-state index contributed by atoms with van der Waals surface area (Å²) in [5, 5.41) is 13.2. The first-order valence-electron chi connectivity index (χ1n) is 14.6. The molecule has 5 heterocycles. The quantitative estimate of drug-likeness (QED) is 0.319. The minimum atomic E-state index is -1.15.